The maximum Gasteiger partial charge on any atom is 0.147 e. The van der Waals surface area contributed by atoms with E-state index >= 15 is 0 Å². The van der Waals surface area contributed by atoms with Crippen molar-refractivity contribution in [3.8, 4) is 0 Å². The van der Waals surface area contributed by atoms with Crippen molar-refractivity contribution in [3.05, 3.63) is 0 Å². The Balaban J connectivity index is 2.49. The van der Waals surface area contributed by atoms with Gasteiger partial charge in [-0.2, -0.15) is 0 Å². The van der Waals surface area contributed by atoms with E-state index in [4.69, 9.17) is 5.11 Å². The van der Waals surface area contributed by atoms with Crippen molar-refractivity contribution in [2.24, 2.45) is 0 Å². The number of alkyl halides is 1. The molecule has 0 bridgehead atoms. The topological polar surface area (TPSA) is 43.7 Å². The lowest BCUT2D eigenvalue weighted by atomic mass is 10.1. The van der Waals surface area contributed by atoms with Gasteiger partial charge in [0.25, 0.3) is 0 Å². The smallest absolute Gasteiger partial charge is 0.147 e. The zero-order valence-electron chi connectivity index (χ0n) is 8.20. The Labute approximate surface area is 78.2 Å². The molecule has 1 rings (SSSR count). The molecular formula is C9H18FNO2. The maximum atomic E-state index is 13.5. The third-order valence-corrected chi connectivity index (χ3v) is 2.89. The van der Waals surface area contributed by atoms with Crippen LogP contribution in [-0.4, -0.2) is 52.6 Å². The van der Waals surface area contributed by atoms with E-state index in [2.05, 4.69) is 0 Å². The van der Waals surface area contributed by atoms with Crippen LogP contribution in [0.3, 0.4) is 0 Å². The van der Waals surface area contributed by atoms with E-state index in [9.17, 15) is 9.50 Å². The molecule has 0 aromatic rings. The van der Waals surface area contributed by atoms with Crippen molar-refractivity contribution in [1.29, 1.82) is 0 Å². The minimum atomic E-state index is -1.46. The fourth-order valence-corrected chi connectivity index (χ4v) is 1.65. The van der Waals surface area contributed by atoms with Crippen LogP contribution in [0.2, 0.25) is 0 Å². The molecule has 3 atom stereocenters. The molecule has 13 heavy (non-hydrogen) atoms. The fourth-order valence-electron chi connectivity index (χ4n) is 1.65. The molecule has 1 aliphatic rings. The van der Waals surface area contributed by atoms with E-state index in [1.807, 2.05) is 11.8 Å². The first-order chi connectivity index (χ1) is 5.98. The van der Waals surface area contributed by atoms with Crippen molar-refractivity contribution < 1.29 is 14.6 Å². The summed E-state index contributed by atoms with van der Waals surface area (Å²) in [5.74, 6) is 0. The highest BCUT2D eigenvalue weighted by atomic mass is 19.1. The first-order valence-electron chi connectivity index (χ1n) is 4.70. The van der Waals surface area contributed by atoms with Gasteiger partial charge in [0, 0.05) is 19.1 Å². The zero-order valence-corrected chi connectivity index (χ0v) is 8.20. The average molecular weight is 191 g/mol. The van der Waals surface area contributed by atoms with Crippen molar-refractivity contribution in [1.82, 2.24) is 4.90 Å². The first kappa shape index (κ1) is 10.9. The van der Waals surface area contributed by atoms with Crippen LogP contribution in [-0.2, 0) is 0 Å². The second kappa shape index (κ2) is 3.90. The third-order valence-electron chi connectivity index (χ3n) is 2.89. The number of aliphatic hydroxyl groups is 2. The van der Waals surface area contributed by atoms with Gasteiger partial charge in [-0.25, -0.2) is 4.39 Å². The average Bonchev–Trinajstić information content (AvgIpc) is 2.47. The Hall–Kier alpha value is -0.190. The van der Waals surface area contributed by atoms with Crippen LogP contribution < -0.4 is 0 Å². The Kier molecular flexibility index (Phi) is 3.27. The minimum Gasteiger partial charge on any atom is -0.393 e. The number of halogens is 1. The summed E-state index contributed by atoms with van der Waals surface area (Å²) in [6.45, 7) is 3.99. The third kappa shape index (κ3) is 2.39. The number of rotatable bonds is 3. The number of hydrogen-bond donors (Lipinski definition) is 2. The number of aliphatic hydroxyl groups excluding tert-OH is 2. The standard InChI is InChI=1S/C9H18FNO2/c1-7(8(2)13)11-4-3-9(10,5-11)6-12/h7-8,12-13H,3-6H2,1-2H3. The second-order valence-corrected chi connectivity index (χ2v) is 4.01. The van der Waals surface area contributed by atoms with Crippen LogP contribution in [0.4, 0.5) is 4.39 Å². The SMILES string of the molecule is CC(O)C(C)N1CCC(F)(CO)C1. The van der Waals surface area contributed by atoms with E-state index in [0.29, 0.717) is 13.0 Å². The molecule has 1 fully saturated rings. The summed E-state index contributed by atoms with van der Waals surface area (Å²) in [5, 5.41) is 18.1. The molecule has 3 unspecified atom stereocenters. The van der Waals surface area contributed by atoms with Gasteiger partial charge in [0.05, 0.1) is 12.7 Å². The lowest BCUT2D eigenvalue weighted by Crippen LogP contribution is -2.41. The molecule has 0 aliphatic carbocycles. The lowest BCUT2D eigenvalue weighted by molar-refractivity contribution is 0.0481. The molecule has 78 valence electrons. The van der Waals surface area contributed by atoms with Gasteiger partial charge < -0.3 is 10.2 Å². The Morgan fingerprint density at radius 1 is 1.54 bits per heavy atom. The monoisotopic (exact) mass is 191 g/mol. The van der Waals surface area contributed by atoms with Crippen LogP contribution in [0.5, 0.6) is 0 Å². The molecular weight excluding hydrogens is 173 g/mol. The Bertz CT molecular complexity index is 177. The molecule has 0 radical (unpaired) electrons. The lowest BCUT2D eigenvalue weighted by Gasteiger charge is -2.27. The van der Waals surface area contributed by atoms with Crippen LogP contribution in [0, 0.1) is 0 Å². The van der Waals surface area contributed by atoms with Gasteiger partial charge in [-0.05, 0) is 20.3 Å². The molecule has 3 nitrogen and oxygen atoms in total. The number of nitrogens with zero attached hydrogens (tertiary/aromatic N) is 1. The van der Waals surface area contributed by atoms with Gasteiger partial charge >= 0.3 is 0 Å². The maximum absolute atomic E-state index is 13.5. The zero-order chi connectivity index (χ0) is 10.1. The predicted molar refractivity (Wildman–Crippen MR) is 48.3 cm³/mol. The van der Waals surface area contributed by atoms with E-state index in [-0.39, 0.29) is 12.6 Å². The summed E-state index contributed by atoms with van der Waals surface area (Å²) in [6, 6.07) is -0.0378. The summed E-state index contributed by atoms with van der Waals surface area (Å²) >= 11 is 0. The highest BCUT2D eigenvalue weighted by Gasteiger charge is 2.39. The molecule has 0 spiro atoms. The summed E-state index contributed by atoms with van der Waals surface area (Å²) in [6.07, 6.45) is -0.0957. The van der Waals surface area contributed by atoms with Gasteiger partial charge in [0.1, 0.15) is 5.67 Å². The summed E-state index contributed by atoms with van der Waals surface area (Å²) in [5.41, 5.74) is -1.46. The van der Waals surface area contributed by atoms with E-state index in [0.717, 1.165) is 0 Å². The van der Waals surface area contributed by atoms with Crippen molar-refractivity contribution in [2.75, 3.05) is 19.7 Å². The highest BCUT2D eigenvalue weighted by Crippen LogP contribution is 2.26. The number of likely N-dealkylation sites (tertiary alicyclic amines) is 1. The molecule has 4 heteroatoms. The molecule has 0 saturated carbocycles. The molecule has 0 aromatic carbocycles. The fraction of sp³-hybridized carbons (Fsp3) is 1.00. The van der Waals surface area contributed by atoms with E-state index in [1.165, 1.54) is 0 Å². The predicted octanol–water partition coefficient (Wildman–Crippen LogP) is 0.162. The minimum absolute atomic E-state index is 0.0378. The molecule has 0 amide bonds. The quantitative estimate of drug-likeness (QED) is 0.668. The molecule has 2 N–H and O–H groups in total. The largest absolute Gasteiger partial charge is 0.393 e. The molecule has 1 aliphatic heterocycles. The highest BCUT2D eigenvalue weighted by molar-refractivity contribution is 4.92. The summed E-state index contributed by atoms with van der Waals surface area (Å²) in [7, 11) is 0. The molecule has 1 heterocycles. The Morgan fingerprint density at radius 2 is 2.15 bits per heavy atom. The van der Waals surface area contributed by atoms with Gasteiger partial charge in [-0.3, -0.25) is 4.90 Å². The summed E-state index contributed by atoms with van der Waals surface area (Å²) in [4.78, 5) is 1.88. The van der Waals surface area contributed by atoms with Crippen molar-refractivity contribution in [2.45, 2.75) is 38.1 Å². The van der Waals surface area contributed by atoms with Crippen LogP contribution in [0.1, 0.15) is 20.3 Å². The van der Waals surface area contributed by atoms with Gasteiger partial charge in [0.15, 0.2) is 0 Å². The van der Waals surface area contributed by atoms with Crippen molar-refractivity contribution in [3.63, 3.8) is 0 Å². The van der Waals surface area contributed by atoms with Crippen LogP contribution in [0.25, 0.3) is 0 Å². The molecule has 0 aromatic heterocycles. The first-order valence-corrected chi connectivity index (χ1v) is 4.70. The number of hydrogen-bond acceptors (Lipinski definition) is 3. The van der Waals surface area contributed by atoms with Crippen LogP contribution in [0.15, 0.2) is 0 Å². The van der Waals surface area contributed by atoms with Gasteiger partial charge in [-0.15, -0.1) is 0 Å². The van der Waals surface area contributed by atoms with Gasteiger partial charge in [-0.1, -0.05) is 0 Å². The van der Waals surface area contributed by atoms with Crippen molar-refractivity contribution >= 4 is 0 Å². The summed E-state index contributed by atoms with van der Waals surface area (Å²) < 4.78 is 13.5. The second-order valence-electron chi connectivity index (χ2n) is 4.01. The van der Waals surface area contributed by atoms with Crippen LogP contribution >= 0.6 is 0 Å². The normalized spacial score (nSPS) is 34.8. The molecule has 1 saturated heterocycles. The Morgan fingerprint density at radius 3 is 2.54 bits per heavy atom. The van der Waals surface area contributed by atoms with Gasteiger partial charge in [0.2, 0.25) is 0 Å². The van der Waals surface area contributed by atoms with E-state index in [1.54, 1.807) is 6.92 Å². The van der Waals surface area contributed by atoms with E-state index < -0.39 is 18.4 Å².